The molecule has 0 bridgehead atoms. The third-order valence-electron chi connectivity index (χ3n) is 4.66. The van der Waals surface area contributed by atoms with Crippen LogP contribution in [0.1, 0.15) is 34.1 Å². The van der Waals surface area contributed by atoms with Crippen LogP contribution in [0.5, 0.6) is 0 Å². The third-order valence-corrected chi connectivity index (χ3v) is 5.63. The van der Waals surface area contributed by atoms with E-state index in [1.165, 1.54) is 17.7 Å². The topological polar surface area (TPSA) is 63.1 Å². The normalized spacial score (nSPS) is 15.8. The van der Waals surface area contributed by atoms with E-state index in [0.29, 0.717) is 17.9 Å². The fourth-order valence-corrected chi connectivity index (χ4v) is 4.16. The minimum Gasteiger partial charge on any atom is -0.350 e. The molecule has 1 aliphatic rings. The number of aromatic nitrogens is 3. The van der Waals surface area contributed by atoms with Crippen molar-refractivity contribution in [2.45, 2.75) is 18.9 Å². The Morgan fingerprint density at radius 1 is 1.23 bits per heavy atom. The quantitative estimate of drug-likeness (QED) is 0.728. The van der Waals surface area contributed by atoms with Gasteiger partial charge in [-0.1, -0.05) is 6.07 Å². The summed E-state index contributed by atoms with van der Waals surface area (Å²) in [5.74, 6) is 0.602. The lowest BCUT2D eigenvalue weighted by Gasteiger charge is -2.26. The van der Waals surface area contributed by atoms with E-state index in [2.05, 4.69) is 37.8 Å². The molecule has 1 N–H and O–H groups in total. The number of hydrogen-bond donors (Lipinski definition) is 1. The molecular weight excluding hydrogens is 346 g/mol. The van der Waals surface area contributed by atoms with E-state index in [1.807, 2.05) is 12.3 Å². The van der Waals surface area contributed by atoms with E-state index >= 15 is 0 Å². The number of nitrogens with one attached hydrogen (secondary N) is 1. The van der Waals surface area contributed by atoms with Gasteiger partial charge in [0.1, 0.15) is 0 Å². The van der Waals surface area contributed by atoms with Gasteiger partial charge in [-0.15, -0.1) is 11.3 Å². The first-order valence-electron chi connectivity index (χ1n) is 8.83. The molecule has 0 aliphatic carbocycles. The molecule has 26 heavy (non-hydrogen) atoms. The summed E-state index contributed by atoms with van der Waals surface area (Å²) in [6.07, 6.45) is 7.58. The van der Waals surface area contributed by atoms with Crippen LogP contribution in [0.2, 0.25) is 0 Å². The van der Waals surface area contributed by atoms with Crippen LogP contribution in [0, 0.1) is 0 Å². The first kappa shape index (κ1) is 16.9. The summed E-state index contributed by atoms with van der Waals surface area (Å²) in [6, 6.07) is 9.90. The number of nitrogens with zero attached hydrogens (tertiary/aromatic N) is 4. The Bertz CT molecular complexity index is 823. The summed E-state index contributed by atoms with van der Waals surface area (Å²) >= 11 is 1.75. The second-order valence-corrected chi connectivity index (χ2v) is 7.32. The number of pyridine rings is 1. The fraction of sp³-hybridized carbons (Fsp3) is 0.316. The van der Waals surface area contributed by atoms with Gasteiger partial charge in [0, 0.05) is 30.0 Å². The predicted molar refractivity (Wildman–Crippen MR) is 102 cm³/mol. The van der Waals surface area contributed by atoms with Crippen molar-refractivity contribution in [2.75, 3.05) is 19.6 Å². The van der Waals surface area contributed by atoms with Crippen LogP contribution >= 0.6 is 11.3 Å². The van der Waals surface area contributed by atoms with Gasteiger partial charge in [0.25, 0.3) is 5.91 Å². The van der Waals surface area contributed by atoms with E-state index in [4.69, 9.17) is 0 Å². The van der Waals surface area contributed by atoms with Crippen LogP contribution in [0.4, 0.5) is 0 Å². The Hall–Kier alpha value is -2.51. The molecule has 0 saturated carbocycles. The fourth-order valence-electron chi connectivity index (χ4n) is 3.30. The van der Waals surface area contributed by atoms with Crippen molar-refractivity contribution < 1.29 is 4.79 Å². The number of carbonyl (C=O) groups is 1. The Labute approximate surface area is 156 Å². The summed E-state index contributed by atoms with van der Waals surface area (Å²) in [7, 11) is 0. The maximum absolute atomic E-state index is 12.5. The molecule has 6 nitrogen and oxygen atoms in total. The highest BCUT2D eigenvalue weighted by atomic mass is 32.1. The zero-order chi connectivity index (χ0) is 17.8. The summed E-state index contributed by atoms with van der Waals surface area (Å²) in [4.78, 5) is 20.6. The van der Waals surface area contributed by atoms with Gasteiger partial charge in [-0.05, 0) is 55.6 Å². The van der Waals surface area contributed by atoms with Gasteiger partial charge >= 0.3 is 0 Å². The lowest BCUT2D eigenvalue weighted by atomic mass is 10.2. The van der Waals surface area contributed by atoms with E-state index in [-0.39, 0.29) is 11.9 Å². The van der Waals surface area contributed by atoms with Crippen LogP contribution < -0.4 is 5.32 Å². The second kappa shape index (κ2) is 7.80. The van der Waals surface area contributed by atoms with Crippen molar-refractivity contribution >= 4 is 17.2 Å². The molecule has 4 rings (SSSR count). The molecule has 1 atom stereocenters. The van der Waals surface area contributed by atoms with Crippen molar-refractivity contribution in [1.29, 1.82) is 0 Å². The molecule has 0 aromatic carbocycles. The standard InChI is InChI=1S/C19H21N5OS/c25-19(15-6-7-18(20-13-15)24-11-4-8-22-24)21-14-16(17-5-3-12-26-17)23-9-1-2-10-23/h3-8,11-13,16H,1-2,9-10,14H2,(H,21,25). The predicted octanol–water partition coefficient (Wildman–Crippen LogP) is 2.90. The number of likely N-dealkylation sites (tertiary alicyclic amines) is 1. The van der Waals surface area contributed by atoms with Crippen LogP contribution in [0.3, 0.4) is 0 Å². The molecule has 1 amide bonds. The van der Waals surface area contributed by atoms with Crippen LogP contribution in [0.25, 0.3) is 5.82 Å². The van der Waals surface area contributed by atoms with Crippen molar-refractivity contribution in [3.63, 3.8) is 0 Å². The zero-order valence-electron chi connectivity index (χ0n) is 14.4. The van der Waals surface area contributed by atoms with Crippen LogP contribution in [-0.2, 0) is 0 Å². The van der Waals surface area contributed by atoms with Crippen molar-refractivity contribution in [3.8, 4) is 5.82 Å². The molecule has 1 aliphatic heterocycles. The number of rotatable bonds is 6. The second-order valence-electron chi connectivity index (χ2n) is 6.34. The lowest BCUT2D eigenvalue weighted by molar-refractivity contribution is 0.0938. The smallest absolute Gasteiger partial charge is 0.252 e. The minimum absolute atomic E-state index is 0.0923. The van der Waals surface area contributed by atoms with E-state index in [1.54, 1.807) is 40.5 Å². The maximum Gasteiger partial charge on any atom is 0.252 e. The van der Waals surface area contributed by atoms with Crippen molar-refractivity contribution in [1.82, 2.24) is 25.0 Å². The average molecular weight is 367 g/mol. The highest BCUT2D eigenvalue weighted by Gasteiger charge is 2.24. The SMILES string of the molecule is O=C(NCC(c1cccs1)N1CCCC1)c1ccc(-n2cccn2)nc1. The van der Waals surface area contributed by atoms with E-state index < -0.39 is 0 Å². The average Bonchev–Trinajstić information content (AvgIpc) is 3.45. The van der Waals surface area contributed by atoms with Gasteiger partial charge in [-0.25, -0.2) is 9.67 Å². The molecule has 1 fully saturated rings. The molecule has 4 heterocycles. The van der Waals surface area contributed by atoms with Crippen LogP contribution in [-0.4, -0.2) is 45.2 Å². The zero-order valence-corrected chi connectivity index (χ0v) is 15.2. The Balaban J connectivity index is 1.42. The molecule has 0 radical (unpaired) electrons. The van der Waals surface area contributed by atoms with Crippen molar-refractivity contribution in [2.24, 2.45) is 0 Å². The van der Waals surface area contributed by atoms with Crippen molar-refractivity contribution in [3.05, 3.63) is 64.7 Å². The molecule has 1 unspecified atom stereocenters. The minimum atomic E-state index is -0.0923. The number of hydrogen-bond acceptors (Lipinski definition) is 5. The molecule has 0 spiro atoms. The Morgan fingerprint density at radius 3 is 2.77 bits per heavy atom. The summed E-state index contributed by atoms with van der Waals surface area (Å²) in [6.45, 7) is 2.80. The number of thiophene rings is 1. The maximum atomic E-state index is 12.5. The Kier molecular flexibility index (Phi) is 5.08. The molecule has 134 valence electrons. The van der Waals surface area contributed by atoms with Gasteiger partial charge in [0.15, 0.2) is 5.82 Å². The summed E-state index contributed by atoms with van der Waals surface area (Å²) in [5.41, 5.74) is 0.562. The number of carbonyl (C=O) groups excluding carboxylic acids is 1. The molecule has 3 aromatic heterocycles. The molecular formula is C19H21N5OS. The van der Waals surface area contributed by atoms with E-state index in [0.717, 1.165) is 13.1 Å². The largest absolute Gasteiger partial charge is 0.350 e. The summed E-state index contributed by atoms with van der Waals surface area (Å²) < 4.78 is 1.67. The van der Waals surface area contributed by atoms with Gasteiger partial charge in [0.2, 0.25) is 0 Å². The highest BCUT2D eigenvalue weighted by Crippen LogP contribution is 2.27. The van der Waals surface area contributed by atoms with Gasteiger partial charge in [0.05, 0.1) is 11.6 Å². The third kappa shape index (κ3) is 3.68. The van der Waals surface area contributed by atoms with Crippen LogP contribution in [0.15, 0.2) is 54.3 Å². The highest BCUT2D eigenvalue weighted by molar-refractivity contribution is 7.10. The number of amides is 1. The van der Waals surface area contributed by atoms with Gasteiger partial charge in [-0.3, -0.25) is 9.69 Å². The molecule has 1 saturated heterocycles. The van der Waals surface area contributed by atoms with E-state index in [9.17, 15) is 4.79 Å². The summed E-state index contributed by atoms with van der Waals surface area (Å²) in [5, 5.41) is 9.32. The first-order valence-corrected chi connectivity index (χ1v) is 9.71. The lowest BCUT2D eigenvalue weighted by Crippen LogP contribution is -2.36. The monoisotopic (exact) mass is 367 g/mol. The molecule has 7 heteroatoms. The molecule has 3 aromatic rings. The van der Waals surface area contributed by atoms with Gasteiger partial charge in [-0.2, -0.15) is 5.10 Å². The Morgan fingerprint density at radius 2 is 2.12 bits per heavy atom. The van der Waals surface area contributed by atoms with Gasteiger partial charge < -0.3 is 5.32 Å². The first-order chi connectivity index (χ1) is 12.8.